The van der Waals surface area contributed by atoms with Crippen molar-refractivity contribution in [2.45, 2.75) is 37.8 Å². The fourth-order valence-electron chi connectivity index (χ4n) is 4.78. The zero-order valence-electron chi connectivity index (χ0n) is 13.4. The Balaban J connectivity index is 1.69. The summed E-state index contributed by atoms with van der Waals surface area (Å²) in [5.41, 5.74) is 2.68. The van der Waals surface area contributed by atoms with Gasteiger partial charge in [0.1, 0.15) is 0 Å². The van der Waals surface area contributed by atoms with Gasteiger partial charge in [-0.1, -0.05) is 17.7 Å². The summed E-state index contributed by atoms with van der Waals surface area (Å²) in [5, 5.41) is 0.774. The molecule has 23 heavy (non-hydrogen) atoms. The van der Waals surface area contributed by atoms with Gasteiger partial charge in [-0.05, 0) is 54.9 Å². The van der Waals surface area contributed by atoms with E-state index in [2.05, 4.69) is 17.0 Å². The number of sulfonamides is 1. The molecule has 0 aromatic heterocycles. The maximum absolute atomic E-state index is 12.2. The van der Waals surface area contributed by atoms with E-state index in [1.165, 1.54) is 17.4 Å². The van der Waals surface area contributed by atoms with Crippen molar-refractivity contribution >= 4 is 21.6 Å². The monoisotopic (exact) mass is 354 g/mol. The lowest BCUT2D eigenvalue weighted by atomic mass is 9.77. The van der Waals surface area contributed by atoms with Gasteiger partial charge in [-0.25, -0.2) is 8.42 Å². The van der Waals surface area contributed by atoms with E-state index in [0.29, 0.717) is 18.5 Å². The first kappa shape index (κ1) is 15.9. The van der Waals surface area contributed by atoms with Crippen LogP contribution in [0.5, 0.6) is 0 Å². The van der Waals surface area contributed by atoms with E-state index >= 15 is 0 Å². The van der Waals surface area contributed by atoms with Crippen molar-refractivity contribution in [3.63, 3.8) is 0 Å². The fourth-order valence-corrected chi connectivity index (χ4v) is 6.17. The summed E-state index contributed by atoms with van der Waals surface area (Å²) in [6.07, 6.45) is 5.44. The predicted molar refractivity (Wildman–Crippen MR) is 92.1 cm³/mol. The predicted octanol–water partition coefficient (Wildman–Crippen LogP) is 2.68. The summed E-state index contributed by atoms with van der Waals surface area (Å²) in [6, 6.07) is 6.63. The van der Waals surface area contributed by atoms with Crippen LogP contribution in [0.2, 0.25) is 5.02 Å². The van der Waals surface area contributed by atoms with Crippen molar-refractivity contribution < 1.29 is 8.42 Å². The molecule has 6 heteroatoms. The Morgan fingerprint density at radius 2 is 2.09 bits per heavy atom. The lowest BCUT2D eigenvalue weighted by molar-refractivity contribution is 0.0222. The molecule has 0 aliphatic carbocycles. The number of hydrogen-bond donors (Lipinski definition) is 0. The summed E-state index contributed by atoms with van der Waals surface area (Å²) in [4.78, 5) is 2.55. The molecule has 3 aliphatic rings. The smallest absolute Gasteiger partial charge is 0.211 e. The molecule has 2 saturated heterocycles. The maximum Gasteiger partial charge on any atom is 0.211 e. The van der Waals surface area contributed by atoms with Gasteiger partial charge in [0.15, 0.2) is 0 Å². The second kappa shape index (κ2) is 5.73. The van der Waals surface area contributed by atoms with Crippen LogP contribution in [0.25, 0.3) is 0 Å². The van der Waals surface area contributed by atoms with Crippen LogP contribution in [0.1, 0.15) is 36.4 Å². The molecule has 126 valence electrons. The second-order valence-corrected chi connectivity index (χ2v) is 9.55. The van der Waals surface area contributed by atoms with Crippen molar-refractivity contribution in [1.82, 2.24) is 9.21 Å². The highest BCUT2D eigenvalue weighted by Gasteiger charge is 2.44. The number of halogens is 1. The van der Waals surface area contributed by atoms with Crippen molar-refractivity contribution in [2.24, 2.45) is 5.92 Å². The molecule has 4 rings (SSSR count). The minimum absolute atomic E-state index is 0.143. The molecule has 3 heterocycles. The van der Waals surface area contributed by atoms with E-state index in [1.807, 2.05) is 6.07 Å². The Morgan fingerprint density at radius 1 is 1.26 bits per heavy atom. The summed E-state index contributed by atoms with van der Waals surface area (Å²) in [7, 11) is -3.13. The molecule has 1 aromatic carbocycles. The van der Waals surface area contributed by atoms with E-state index < -0.39 is 10.0 Å². The highest BCUT2D eigenvalue weighted by atomic mass is 35.5. The molecule has 2 fully saturated rings. The summed E-state index contributed by atoms with van der Waals surface area (Å²) >= 11 is 6.22. The zero-order chi connectivity index (χ0) is 16.2. The zero-order valence-corrected chi connectivity index (χ0v) is 15.0. The van der Waals surface area contributed by atoms with Gasteiger partial charge in [0.2, 0.25) is 10.0 Å². The van der Waals surface area contributed by atoms with Gasteiger partial charge in [-0.2, -0.15) is 4.31 Å². The third-order valence-corrected chi connectivity index (χ3v) is 7.34. The van der Waals surface area contributed by atoms with Crippen LogP contribution in [-0.2, 0) is 16.4 Å². The van der Waals surface area contributed by atoms with Gasteiger partial charge in [0, 0.05) is 36.7 Å². The Hall–Kier alpha value is -0.620. The quantitative estimate of drug-likeness (QED) is 0.778. The van der Waals surface area contributed by atoms with Gasteiger partial charge in [0.25, 0.3) is 0 Å². The van der Waals surface area contributed by atoms with E-state index in [1.54, 1.807) is 4.31 Å². The first-order chi connectivity index (χ1) is 10.9. The van der Waals surface area contributed by atoms with Crippen LogP contribution in [0, 0.1) is 5.92 Å². The summed E-state index contributed by atoms with van der Waals surface area (Å²) in [6.45, 7) is 2.75. The van der Waals surface area contributed by atoms with Crippen LogP contribution in [0.3, 0.4) is 0 Å². The van der Waals surface area contributed by atoms with Crippen LogP contribution in [-0.4, -0.2) is 49.6 Å². The molecule has 0 N–H and O–H groups in total. The molecule has 0 bridgehead atoms. The van der Waals surface area contributed by atoms with Crippen LogP contribution in [0.15, 0.2) is 18.2 Å². The molecule has 0 radical (unpaired) electrons. The minimum Gasteiger partial charge on any atom is -0.296 e. The van der Waals surface area contributed by atoms with Crippen molar-refractivity contribution in [3.05, 3.63) is 34.3 Å². The molecule has 1 aromatic rings. The third-order valence-electron chi connectivity index (χ3n) is 5.80. The lowest BCUT2D eigenvalue weighted by Gasteiger charge is -2.51. The van der Waals surface area contributed by atoms with Crippen LogP contribution in [0.4, 0.5) is 0 Å². The number of piperidine rings is 2. The SMILES string of the molecule is CS(=O)(=O)N1CCCC2CN3CCc4ccc(Cl)cc4C3CC21. The normalized spacial score (nSPS) is 32.0. The van der Waals surface area contributed by atoms with E-state index in [9.17, 15) is 8.42 Å². The highest BCUT2D eigenvalue weighted by molar-refractivity contribution is 7.88. The van der Waals surface area contributed by atoms with E-state index in [-0.39, 0.29) is 6.04 Å². The average Bonchev–Trinajstić information content (AvgIpc) is 2.51. The Labute approximate surface area is 143 Å². The molecule has 3 atom stereocenters. The van der Waals surface area contributed by atoms with Gasteiger partial charge < -0.3 is 0 Å². The van der Waals surface area contributed by atoms with Crippen molar-refractivity contribution in [1.29, 1.82) is 0 Å². The molecule has 3 unspecified atom stereocenters. The number of nitrogens with zero attached hydrogens (tertiary/aromatic N) is 2. The minimum atomic E-state index is -3.13. The van der Waals surface area contributed by atoms with Crippen LogP contribution < -0.4 is 0 Å². The molecule has 0 spiro atoms. The fraction of sp³-hybridized carbons (Fsp3) is 0.647. The summed E-state index contributed by atoms with van der Waals surface area (Å²) in [5.74, 6) is 0.468. The number of hydrogen-bond acceptors (Lipinski definition) is 3. The standard InChI is InChI=1S/C17H23ClN2O2S/c1-23(21,22)20-7-2-3-13-11-19-8-6-12-4-5-14(18)9-15(12)17(19)10-16(13)20/h4-5,9,13,16-17H,2-3,6-8,10-11H2,1H3. The highest BCUT2D eigenvalue weighted by Crippen LogP contribution is 2.43. The van der Waals surface area contributed by atoms with E-state index in [4.69, 9.17) is 11.6 Å². The van der Waals surface area contributed by atoms with Gasteiger partial charge in [-0.15, -0.1) is 0 Å². The molecular weight excluding hydrogens is 332 g/mol. The maximum atomic E-state index is 12.2. The number of rotatable bonds is 1. The van der Waals surface area contributed by atoms with Gasteiger partial charge in [0.05, 0.1) is 6.26 Å². The molecule has 4 nitrogen and oxygen atoms in total. The van der Waals surface area contributed by atoms with Crippen molar-refractivity contribution in [3.8, 4) is 0 Å². The number of fused-ring (bicyclic) bond motifs is 4. The molecule has 0 saturated carbocycles. The Bertz CT molecular complexity index is 721. The topological polar surface area (TPSA) is 40.6 Å². The van der Waals surface area contributed by atoms with Crippen LogP contribution >= 0.6 is 11.6 Å². The first-order valence-electron chi connectivity index (χ1n) is 8.42. The lowest BCUT2D eigenvalue weighted by Crippen LogP contribution is -2.57. The second-order valence-electron chi connectivity index (χ2n) is 7.18. The summed E-state index contributed by atoms with van der Waals surface area (Å²) < 4.78 is 26.1. The third kappa shape index (κ3) is 2.82. The van der Waals surface area contributed by atoms with Gasteiger partial charge in [-0.3, -0.25) is 4.90 Å². The average molecular weight is 355 g/mol. The number of benzene rings is 1. The molecular formula is C17H23ClN2O2S. The van der Waals surface area contributed by atoms with E-state index in [0.717, 1.165) is 43.8 Å². The Morgan fingerprint density at radius 3 is 2.87 bits per heavy atom. The molecule has 0 amide bonds. The largest absolute Gasteiger partial charge is 0.296 e. The molecule has 3 aliphatic heterocycles. The Kier molecular flexibility index (Phi) is 3.95. The van der Waals surface area contributed by atoms with Gasteiger partial charge >= 0.3 is 0 Å². The first-order valence-corrected chi connectivity index (χ1v) is 10.7. The van der Waals surface area contributed by atoms with Crippen molar-refractivity contribution in [2.75, 3.05) is 25.9 Å².